The van der Waals surface area contributed by atoms with Gasteiger partial charge >= 0.3 is 0 Å². The Morgan fingerprint density at radius 3 is 2.00 bits per heavy atom. The fourth-order valence-corrected chi connectivity index (χ4v) is 0.348. The van der Waals surface area contributed by atoms with Gasteiger partial charge in [0.1, 0.15) is 0 Å². The maximum absolute atomic E-state index is 8.85. The molecule has 0 radical (unpaired) electrons. The Hall–Kier alpha value is -0.480. The Bertz CT molecular complexity index is 105. The maximum Gasteiger partial charge on any atom is 0.0646 e. The fraction of sp³-hybridized carbons (Fsp3) is 0.714. The molecule has 0 aromatic carbocycles. The molecular formula is C7H12O. The van der Waals surface area contributed by atoms with Crippen molar-refractivity contribution in [3.8, 4) is 11.8 Å². The third-order valence-electron chi connectivity index (χ3n) is 1.10. The van der Waals surface area contributed by atoms with Crippen molar-refractivity contribution < 1.29 is 5.11 Å². The van der Waals surface area contributed by atoms with Gasteiger partial charge in [-0.2, -0.15) is 0 Å². The number of aliphatic hydroxyl groups excluding tert-OH is 1. The molecule has 8 heavy (non-hydrogen) atoms. The van der Waals surface area contributed by atoms with Crippen LogP contribution in [0.2, 0.25) is 0 Å². The average molecular weight is 112 g/mol. The molecule has 0 rings (SSSR count). The molecule has 2 unspecified atom stereocenters. The van der Waals surface area contributed by atoms with E-state index in [9.17, 15) is 0 Å². The molecule has 46 valence electrons. The first-order valence-electron chi connectivity index (χ1n) is 2.78. The van der Waals surface area contributed by atoms with Crippen LogP contribution in [0.5, 0.6) is 0 Å². The van der Waals surface area contributed by atoms with Crippen LogP contribution in [0.15, 0.2) is 0 Å². The van der Waals surface area contributed by atoms with Crippen molar-refractivity contribution in [1.82, 2.24) is 0 Å². The molecule has 0 aromatic heterocycles. The molecule has 0 aromatic rings. The molecule has 0 saturated heterocycles. The summed E-state index contributed by atoms with van der Waals surface area (Å²) in [6, 6.07) is 0. The highest BCUT2D eigenvalue weighted by molar-refractivity contribution is 5.00. The van der Waals surface area contributed by atoms with Crippen molar-refractivity contribution in [3.05, 3.63) is 0 Å². The van der Waals surface area contributed by atoms with Gasteiger partial charge in [-0.05, 0) is 20.8 Å². The highest BCUT2D eigenvalue weighted by Gasteiger charge is 2.01. The summed E-state index contributed by atoms with van der Waals surface area (Å²) in [4.78, 5) is 0. The summed E-state index contributed by atoms with van der Waals surface area (Å²) < 4.78 is 0. The fourth-order valence-electron chi connectivity index (χ4n) is 0.348. The van der Waals surface area contributed by atoms with Gasteiger partial charge in [0.15, 0.2) is 0 Å². The average Bonchev–Trinajstić information content (AvgIpc) is 1.67. The van der Waals surface area contributed by atoms with Crippen molar-refractivity contribution in [2.24, 2.45) is 5.92 Å². The zero-order chi connectivity index (χ0) is 6.57. The molecule has 0 aliphatic carbocycles. The van der Waals surface area contributed by atoms with Gasteiger partial charge in [-0.3, -0.25) is 0 Å². The monoisotopic (exact) mass is 112 g/mol. The van der Waals surface area contributed by atoms with Crippen LogP contribution in [-0.2, 0) is 0 Å². The summed E-state index contributed by atoms with van der Waals surface area (Å²) in [6.07, 6.45) is -0.303. The Morgan fingerprint density at radius 1 is 1.38 bits per heavy atom. The molecule has 1 nitrogen and oxygen atoms in total. The quantitative estimate of drug-likeness (QED) is 0.502. The normalized spacial score (nSPS) is 16.0. The number of aliphatic hydroxyl groups is 1. The summed E-state index contributed by atoms with van der Waals surface area (Å²) in [6.45, 7) is 5.43. The van der Waals surface area contributed by atoms with Crippen molar-refractivity contribution >= 4 is 0 Å². The van der Waals surface area contributed by atoms with E-state index in [1.807, 2.05) is 6.92 Å². The second-order valence-corrected chi connectivity index (χ2v) is 1.92. The van der Waals surface area contributed by atoms with Gasteiger partial charge in [0.25, 0.3) is 0 Å². The van der Waals surface area contributed by atoms with Crippen LogP contribution >= 0.6 is 0 Å². The summed E-state index contributed by atoms with van der Waals surface area (Å²) >= 11 is 0. The van der Waals surface area contributed by atoms with E-state index in [2.05, 4.69) is 11.8 Å². The molecule has 0 spiro atoms. The Morgan fingerprint density at radius 2 is 1.88 bits per heavy atom. The van der Waals surface area contributed by atoms with Crippen molar-refractivity contribution in [3.63, 3.8) is 0 Å². The van der Waals surface area contributed by atoms with Crippen molar-refractivity contribution in [2.75, 3.05) is 0 Å². The second-order valence-electron chi connectivity index (χ2n) is 1.92. The van der Waals surface area contributed by atoms with E-state index in [4.69, 9.17) is 5.11 Å². The van der Waals surface area contributed by atoms with Crippen LogP contribution in [0.1, 0.15) is 20.8 Å². The van der Waals surface area contributed by atoms with Crippen LogP contribution in [0, 0.1) is 17.8 Å². The van der Waals surface area contributed by atoms with E-state index in [1.165, 1.54) is 0 Å². The molecular weight excluding hydrogens is 100 g/mol. The topological polar surface area (TPSA) is 20.2 Å². The first kappa shape index (κ1) is 7.52. The smallest absolute Gasteiger partial charge is 0.0646 e. The summed E-state index contributed by atoms with van der Waals surface area (Å²) in [5, 5.41) is 8.85. The van der Waals surface area contributed by atoms with Crippen LogP contribution < -0.4 is 0 Å². The molecule has 0 heterocycles. The zero-order valence-electron chi connectivity index (χ0n) is 5.60. The number of hydrogen-bond acceptors (Lipinski definition) is 1. The Labute approximate surface area is 50.7 Å². The third-order valence-corrected chi connectivity index (χ3v) is 1.10. The molecule has 0 saturated carbocycles. The Kier molecular flexibility index (Phi) is 3.30. The lowest BCUT2D eigenvalue weighted by molar-refractivity contribution is 0.161. The molecule has 0 fully saturated rings. The third kappa shape index (κ3) is 2.65. The molecule has 2 atom stereocenters. The van der Waals surface area contributed by atoms with Gasteiger partial charge < -0.3 is 5.11 Å². The van der Waals surface area contributed by atoms with Crippen LogP contribution in [0.4, 0.5) is 0 Å². The van der Waals surface area contributed by atoms with Gasteiger partial charge in [-0.15, -0.1) is 5.92 Å². The van der Waals surface area contributed by atoms with Gasteiger partial charge in [-0.25, -0.2) is 0 Å². The maximum atomic E-state index is 8.85. The first-order valence-corrected chi connectivity index (χ1v) is 2.78. The van der Waals surface area contributed by atoms with E-state index < -0.39 is 0 Å². The standard InChI is InChI=1S/C7H12O/c1-4-5-6(2)7(3)8/h6-8H,1-3H3. The van der Waals surface area contributed by atoms with E-state index in [-0.39, 0.29) is 12.0 Å². The second kappa shape index (κ2) is 3.51. The van der Waals surface area contributed by atoms with E-state index in [1.54, 1.807) is 13.8 Å². The minimum Gasteiger partial charge on any atom is -0.392 e. The largest absolute Gasteiger partial charge is 0.392 e. The first-order chi connectivity index (χ1) is 3.68. The summed E-state index contributed by atoms with van der Waals surface area (Å²) in [5.41, 5.74) is 0. The lowest BCUT2D eigenvalue weighted by Crippen LogP contribution is -2.10. The predicted octanol–water partition coefficient (Wildman–Crippen LogP) is 1.03. The van der Waals surface area contributed by atoms with E-state index in [0.29, 0.717) is 0 Å². The molecule has 0 bridgehead atoms. The molecule has 1 N–H and O–H groups in total. The predicted molar refractivity (Wildman–Crippen MR) is 34.3 cm³/mol. The van der Waals surface area contributed by atoms with Crippen molar-refractivity contribution in [1.29, 1.82) is 0 Å². The molecule has 0 amide bonds. The van der Waals surface area contributed by atoms with E-state index >= 15 is 0 Å². The van der Waals surface area contributed by atoms with Crippen molar-refractivity contribution in [2.45, 2.75) is 26.9 Å². The Balaban J connectivity index is 3.58. The SMILES string of the molecule is CC#CC(C)C(C)O. The molecule has 0 aliphatic rings. The van der Waals surface area contributed by atoms with Gasteiger partial charge in [0.05, 0.1) is 6.10 Å². The lowest BCUT2D eigenvalue weighted by atomic mass is 10.1. The minimum atomic E-state index is -0.303. The number of hydrogen-bond donors (Lipinski definition) is 1. The van der Waals surface area contributed by atoms with Crippen LogP contribution in [-0.4, -0.2) is 11.2 Å². The molecule has 0 aliphatic heterocycles. The number of rotatable bonds is 1. The highest BCUT2D eigenvalue weighted by Crippen LogP contribution is 1.97. The summed E-state index contributed by atoms with van der Waals surface area (Å²) in [5.74, 6) is 5.69. The summed E-state index contributed by atoms with van der Waals surface area (Å²) in [7, 11) is 0. The highest BCUT2D eigenvalue weighted by atomic mass is 16.3. The molecule has 1 heteroatoms. The lowest BCUT2D eigenvalue weighted by Gasteiger charge is -2.04. The minimum absolute atomic E-state index is 0.111. The van der Waals surface area contributed by atoms with Gasteiger partial charge in [0.2, 0.25) is 0 Å². The zero-order valence-corrected chi connectivity index (χ0v) is 5.60. The van der Waals surface area contributed by atoms with Gasteiger partial charge in [-0.1, -0.05) is 5.92 Å². The van der Waals surface area contributed by atoms with Crippen LogP contribution in [0.3, 0.4) is 0 Å². The van der Waals surface area contributed by atoms with E-state index in [0.717, 1.165) is 0 Å². The van der Waals surface area contributed by atoms with Gasteiger partial charge in [0, 0.05) is 5.92 Å². The van der Waals surface area contributed by atoms with Crippen LogP contribution in [0.25, 0.3) is 0 Å².